The first-order valence-electron chi connectivity index (χ1n) is 7.67. The normalized spacial score (nSPS) is 10.5. The fraction of sp³-hybridized carbons (Fsp3) is 0.111. The van der Waals surface area contributed by atoms with Crippen LogP contribution in [-0.4, -0.2) is 15.9 Å². The van der Waals surface area contributed by atoms with Gasteiger partial charge in [-0.25, -0.2) is 4.98 Å². The minimum atomic E-state index is -0.521. The van der Waals surface area contributed by atoms with Crippen molar-refractivity contribution in [1.82, 2.24) is 4.98 Å². The van der Waals surface area contributed by atoms with E-state index in [1.165, 1.54) is 24.3 Å². The molecule has 0 spiro atoms. The van der Waals surface area contributed by atoms with E-state index in [1.54, 1.807) is 18.3 Å². The number of rotatable bonds is 6. The summed E-state index contributed by atoms with van der Waals surface area (Å²) < 4.78 is 10.7. The number of benzene rings is 2. The molecular formula is C18H13ClN2O5. The minimum absolute atomic E-state index is 0.0670. The van der Waals surface area contributed by atoms with E-state index in [0.29, 0.717) is 16.7 Å². The summed E-state index contributed by atoms with van der Waals surface area (Å²) in [5.41, 5.74) is 0.765. The number of nitro benzene ring substituents is 1. The molecule has 0 saturated carbocycles. The summed E-state index contributed by atoms with van der Waals surface area (Å²) in [4.78, 5) is 26.1. The van der Waals surface area contributed by atoms with Gasteiger partial charge in [0.25, 0.3) is 5.69 Å². The number of hydrogen-bond donors (Lipinski definition) is 0. The Morgan fingerprint density at radius 3 is 2.50 bits per heavy atom. The molecule has 0 aliphatic heterocycles. The highest BCUT2D eigenvalue weighted by Crippen LogP contribution is 2.23. The smallest absolute Gasteiger partial charge is 0.311 e. The van der Waals surface area contributed by atoms with E-state index in [4.69, 9.17) is 20.8 Å². The van der Waals surface area contributed by atoms with Crippen LogP contribution in [0.5, 0.6) is 5.75 Å². The highest BCUT2D eigenvalue weighted by atomic mass is 35.5. The molecule has 0 saturated heterocycles. The van der Waals surface area contributed by atoms with E-state index in [2.05, 4.69) is 4.98 Å². The monoisotopic (exact) mass is 372 g/mol. The van der Waals surface area contributed by atoms with Gasteiger partial charge in [-0.2, -0.15) is 0 Å². The second kappa shape index (κ2) is 7.79. The molecule has 3 rings (SSSR count). The van der Waals surface area contributed by atoms with E-state index in [9.17, 15) is 14.9 Å². The number of hydrogen-bond acceptors (Lipinski definition) is 6. The Hall–Kier alpha value is -3.19. The molecule has 0 bridgehead atoms. The van der Waals surface area contributed by atoms with Crippen molar-refractivity contribution in [3.05, 3.63) is 75.8 Å². The van der Waals surface area contributed by atoms with Crippen LogP contribution in [0.4, 0.5) is 5.69 Å². The van der Waals surface area contributed by atoms with E-state index in [-0.39, 0.29) is 24.3 Å². The van der Waals surface area contributed by atoms with Crippen LogP contribution in [-0.2, 0) is 11.2 Å². The van der Waals surface area contributed by atoms with Crippen LogP contribution in [0.15, 0.2) is 59.1 Å². The highest BCUT2D eigenvalue weighted by Gasteiger charge is 2.12. The Bertz CT molecular complexity index is 920. The number of nitrogens with zero attached hydrogens (tertiary/aromatic N) is 2. The van der Waals surface area contributed by atoms with Gasteiger partial charge in [-0.3, -0.25) is 14.9 Å². The first-order chi connectivity index (χ1) is 12.5. The Kier molecular flexibility index (Phi) is 5.28. The van der Waals surface area contributed by atoms with Gasteiger partial charge >= 0.3 is 5.97 Å². The number of oxazole rings is 1. The summed E-state index contributed by atoms with van der Waals surface area (Å²) in [6.45, 7) is 0. The Labute approximate surface area is 153 Å². The Morgan fingerprint density at radius 2 is 1.85 bits per heavy atom. The van der Waals surface area contributed by atoms with E-state index >= 15 is 0 Å². The maximum absolute atomic E-state index is 11.9. The molecule has 0 aliphatic rings. The number of aromatic nitrogens is 1. The van der Waals surface area contributed by atoms with Crippen LogP contribution < -0.4 is 4.74 Å². The molecule has 0 fully saturated rings. The van der Waals surface area contributed by atoms with Gasteiger partial charge in [-0.1, -0.05) is 11.6 Å². The molecule has 1 aromatic heterocycles. The van der Waals surface area contributed by atoms with Crippen LogP contribution >= 0.6 is 11.6 Å². The molecule has 7 nitrogen and oxygen atoms in total. The summed E-state index contributed by atoms with van der Waals surface area (Å²) in [6.07, 6.45) is 1.93. The van der Waals surface area contributed by atoms with Gasteiger partial charge in [0.15, 0.2) is 11.7 Å². The zero-order valence-electron chi connectivity index (χ0n) is 13.4. The average Bonchev–Trinajstić information content (AvgIpc) is 3.10. The SMILES string of the molecule is O=C(CCc1ncc(-c2ccc(Cl)cc2)o1)Oc1ccc([N+](=O)[O-])cc1. The molecule has 1 heterocycles. The van der Waals surface area contributed by atoms with Crippen molar-refractivity contribution in [2.45, 2.75) is 12.8 Å². The molecule has 132 valence electrons. The van der Waals surface area contributed by atoms with Gasteiger partial charge in [0, 0.05) is 29.1 Å². The van der Waals surface area contributed by atoms with Gasteiger partial charge < -0.3 is 9.15 Å². The van der Waals surface area contributed by atoms with Crippen molar-refractivity contribution in [3.8, 4) is 17.1 Å². The third-order valence-electron chi connectivity index (χ3n) is 3.50. The highest BCUT2D eigenvalue weighted by molar-refractivity contribution is 6.30. The van der Waals surface area contributed by atoms with E-state index < -0.39 is 10.9 Å². The molecule has 8 heteroatoms. The summed E-state index contributed by atoms with van der Waals surface area (Å²) in [5, 5.41) is 11.2. The number of aryl methyl sites for hydroxylation is 1. The largest absolute Gasteiger partial charge is 0.441 e. The zero-order chi connectivity index (χ0) is 18.5. The van der Waals surface area contributed by atoms with Gasteiger partial charge in [-0.05, 0) is 36.4 Å². The predicted octanol–water partition coefficient (Wildman–Crippen LogP) is 4.44. The standard InChI is InChI=1S/C18H13ClN2O5/c19-13-3-1-12(2-4-13)16-11-20-17(26-16)9-10-18(22)25-15-7-5-14(6-8-15)21(23)24/h1-8,11H,9-10H2. The van der Waals surface area contributed by atoms with Crippen molar-refractivity contribution < 1.29 is 18.9 Å². The van der Waals surface area contributed by atoms with Crippen molar-refractivity contribution in [1.29, 1.82) is 0 Å². The molecule has 0 atom stereocenters. The first kappa shape index (κ1) is 17.6. The fourth-order valence-electron chi connectivity index (χ4n) is 2.20. The topological polar surface area (TPSA) is 95.5 Å². The third kappa shape index (κ3) is 4.46. The van der Waals surface area contributed by atoms with Gasteiger partial charge in [0.1, 0.15) is 5.75 Å². The Morgan fingerprint density at radius 1 is 1.15 bits per heavy atom. The molecule has 2 aromatic carbocycles. The summed E-state index contributed by atoms with van der Waals surface area (Å²) in [7, 11) is 0. The molecule has 0 unspecified atom stereocenters. The lowest BCUT2D eigenvalue weighted by molar-refractivity contribution is -0.384. The van der Waals surface area contributed by atoms with Gasteiger partial charge in [0.2, 0.25) is 0 Å². The van der Waals surface area contributed by atoms with E-state index in [1.807, 2.05) is 12.1 Å². The molecule has 0 radical (unpaired) electrons. The number of non-ortho nitro benzene ring substituents is 1. The lowest BCUT2D eigenvalue weighted by atomic mass is 10.2. The van der Waals surface area contributed by atoms with Gasteiger partial charge in [0.05, 0.1) is 17.5 Å². The van der Waals surface area contributed by atoms with Crippen molar-refractivity contribution in [2.75, 3.05) is 0 Å². The van der Waals surface area contributed by atoms with Crippen molar-refractivity contribution >= 4 is 23.3 Å². The van der Waals surface area contributed by atoms with Crippen LogP contribution in [0.1, 0.15) is 12.3 Å². The van der Waals surface area contributed by atoms with Crippen LogP contribution in [0.25, 0.3) is 11.3 Å². The van der Waals surface area contributed by atoms with Crippen molar-refractivity contribution in [2.24, 2.45) is 0 Å². The molecule has 26 heavy (non-hydrogen) atoms. The van der Waals surface area contributed by atoms with Crippen LogP contribution in [0, 0.1) is 10.1 Å². The average molecular weight is 373 g/mol. The minimum Gasteiger partial charge on any atom is -0.441 e. The summed E-state index contributed by atoms with van der Waals surface area (Å²) >= 11 is 5.85. The van der Waals surface area contributed by atoms with Crippen LogP contribution in [0.3, 0.4) is 0 Å². The van der Waals surface area contributed by atoms with Crippen molar-refractivity contribution in [3.63, 3.8) is 0 Å². The Balaban J connectivity index is 1.54. The number of carbonyl (C=O) groups is 1. The quantitative estimate of drug-likeness (QED) is 0.274. The maximum Gasteiger partial charge on any atom is 0.311 e. The molecule has 0 N–H and O–H groups in total. The number of ether oxygens (including phenoxy) is 1. The number of nitro groups is 1. The number of halogens is 1. The summed E-state index contributed by atoms with van der Waals surface area (Å²) in [5.74, 6) is 0.760. The second-order valence-corrected chi connectivity index (χ2v) is 5.79. The third-order valence-corrected chi connectivity index (χ3v) is 3.76. The number of esters is 1. The second-order valence-electron chi connectivity index (χ2n) is 5.35. The lowest BCUT2D eigenvalue weighted by Gasteiger charge is -2.03. The zero-order valence-corrected chi connectivity index (χ0v) is 14.2. The number of carbonyl (C=O) groups excluding carboxylic acids is 1. The van der Waals surface area contributed by atoms with Crippen LogP contribution in [0.2, 0.25) is 5.02 Å². The molecule has 0 amide bonds. The maximum atomic E-state index is 11.9. The van der Waals surface area contributed by atoms with Gasteiger partial charge in [-0.15, -0.1) is 0 Å². The first-order valence-corrected chi connectivity index (χ1v) is 8.05. The molecule has 0 aliphatic carbocycles. The summed E-state index contributed by atoms with van der Waals surface area (Å²) in [6, 6.07) is 12.4. The lowest BCUT2D eigenvalue weighted by Crippen LogP contribution is -2.09. The predicted molar refractivity (Wildman–Crippen MR) is 94.0 cm³/mol. The molecule has 3 aromatic rings. The fourth-order valence-corrected chi connectivity index (χ4v) is 2.33. The molecular weight excluding hydrogens is 360 g/mol. The van der Waals surface area contributed by atoms with E-state index in [0.717, 1.165) is 5.56 Å².